The van der Waals surface area contributed by atoms with E-state index in [0.29, 0.717) is 11.8 Å². The lowest BCUT2D eigenvalue weighted by molar-refractivity contribution is 0.269. The molecule has 7 aliphatic rings. The minimum absolute atomic E-state index is 0.0777. The van der Waals surface area contributed by atoms with E-state index in [2.05, 4.69) is 230 Å². The number of terminal acetylenes is 1. The molecule has 0 radical (unpaired) electrons. The quantitative estimate of drug-likeness (QED) is 0.113. The van der Waals surface area contributed by atoms with Gasteiger partial charge >= 0.3 is 0 Å². The molecule has 1 spiro atoms. The average molecular weight is 853 g/mol. The Morgan fingerprint density at radius 1 is 0.682 bits per heavy atom. The summed E-state index contributed by atoms with van der Waals surface area (Å²) in [6.07, 6.45) is 38.4. The van der Waals surface area contributed by atoms with Crippen LogP contribution in [-0.2, 0) is 5.41 Å². The van der Waals surface area contributed by atoms with Gasteiger partial charge in [-0.15, -0.1) is 6.42 Å². The summed E-state index contributed by atoms with van der Waals surface area (Å²) < 4.78 is 0. The van der Waals surface area contributed by atoms with Gasteiger partial charge < -0.3 is 9.80 Å². The summed E-state index contributed by atoms with van der Waals surface area (Å²) in [5, 5.41) is 0. The van der Waals surface area contributed by atoms with Crippen LogP contribution in [0.25, 0.3) is 11.1 Å². The van der Waals surface area contributed by atoms with Gasteiger partial charge in [0.15, 0.2) is 0 Å². The van der Waals surface area contributed by atoms with Crippen LogP contribution in [0.1, 0.15) is 63.0 Å². The van der Waals surface area contributed by atoms with Crippen molar-refractivity contribution >= 4 is 17.1 Å². The molecule has 7 aliphatic carbocycles. The number of benzene rings is 5. The van der Waals surface area contributed by atoms with Crippen LogP contribution in [0.5, 0.6) is 0 Å². The van der Waals surface area contributed by atoms with Gasteiger partial charge in [0.2, 0.25) is 0 Å². The molecule has 0 aliphatic heterocycles. The number of nitrogens with zero attached hydrogens (tertiary/aromatic N) is 2. The van der Waals surface area contributed by atoms with E-state index in [1.165, 1.54) is 68.9 Å². The third kappa shape index (κ3) is 6.09. The summed E-state index contributed by atoms with van der Waals surface area (Å²) in [7, 11) is 0. The first kappa shape index (κ1) is 40.4. The lowest BCUT2D eigenvalue weighted by Crippen LogP contribution is -2.39. The molecule has 0 fully saturated rings. The molecule has 2 nitrogen and oxygen atoms in total. The van der Waals surface area contributed by atoms with Gasteiger partial charge in [0.05, 0.1) is 22.8 Å². The Labute approximate surface area is 391 Å². The highest BCUT2D eigenvalue weighted by molar-refractivity contribution is 5.86. The van der Waals surface area contributed by atoms with Crippen LogP contribution in [0.2, 0.25) is 0 Å². The zero-order valence-electron chi connectivity index (χ0n) is 38.0. The van der Waals surface area contributed by atoms with Gasteiger partial charge in [-0.3, -0.25) is 0 Å². The molecular formula is C64H56N2. The highest BCUT2D eigenvalue weighted by Crippen LogP contribution is 2.67. The molecule has 66 heavy (non-hydrogen) atoms. The fourth-order valence-corrected chi connectivity index (χ4v) is 13.5. The predicted molar refractivity (Wildman–Crippen MR) is 275 cm³/mol. The molecule has 0 amide bonds. The fourth-order valence-electron chi connectivity index (χ4n) is 13.5. The van der Waals surface area contributed by atoms with E-state index >= 15 is 0 Å². The Balaban J connectivity index is 1.09. The zero-order chi connectivity index (χ0) is 44.4. The van der Waals surface area contributed by atoms with Crippen molar-refractivity contribution in [3.05, 3.63) is 257 Å². The molecule has 2 heteroatoms. The number of para-hydroxylation sites is 3. The summed E-state index contributed by atoms with van der Waals surface area (Å²) in [5.41, 5.74) is 18.2. The van der Waals surface area contributed by atoms with Crippen molar-refractivity contribution in [2.45, 2.75) is 63.3 Å². The highest BCUT2D eigenvalue weighted by Gasteiger charge is 2.60. The van der Waals surface area contributed by atoms with Crippen LogP contribution < -0.4 is 9.80 Å². The van der Waals surface area contributed by atoms with Gasteiger partial charge in [0.25, 0.3) is 0 Å². The lowest BCUT2D eigenvalue weighted by Gasteiger charge is -2.42. The summed E-state index contributed by atoms with van der Waals surface area (Å²) in [5.74, 6) is 4.38. The first-order valence-electron chi connectivity index (χ1n) is 24.2. The van der Waals surface area contributed by atoms with Crippen molar-refractivity contribution in [1.29, 1.82) is 0 Å². The largest absolute Gasteiger partial charge is 0.333 e. The van der Waals surface area contributed by atoms with Crippen molar-refractivity contribution in [2.24, 2.45) is 23.2 Å². The van der Waals surface area contributed by atoms with Gasteiger partial charge in [0, 0.05) is 34.5 Å². The molecule has 5 aromatic carbocycles. The molecule has 0 aromatic heterocycles. The first-order chi connectivity index (χ1) is 32.5. The SMILES string of the molecule is C#C/C=C\C1=C(N(c2ccccc2)C2C=CC3=C(C2)C(C)(C)C2C=CCCC32)C2=C(CCC=C2)C12c1ccccc1C1C=CC(N(c3ccccc3)c3ccccc3-c3ccccc3)=CC12. The monoisotopic (exact) mass is 852 g/mol. The zero-order valence-corrected chi connectivity index (χ0v) is 38.0. The van der Waals surface area contributed by atoms with Crippen LogP contribution in [0.4, 0.5) is 17.1 Å². The Hall–Kier alpha value is -7.08. The van der Waals surface area contributed by atoms with Crippen LogP contribution in [0, 0.1) is 35.5 Å². The maximum atomic E-state index is 6.29. The van der Waals surface area contributed by atoms with Crippen LogP contribution in [-0.4, -0.2) is 6.04 Å². The van der Waals surface area contributed by atoms with E-state index in [-0.39, 0.29) is 23.3 Å². The maximum absolute atomic E-state index is 6.29. The number of rotatable bonds is 8. The second kappa shape index (κ2) is 16.1. The molecule has 0 N–H and O–H groups in total. The van der Waals surface area contributed by atoms with E-state index in [4.69, 9.17) is 6.42 Å². The molecule has 0 saturated carbocycles. The topological polar surface area (TPSA) is 6.48 Å². The third-order valence-electron chi connectivity index (χ3n) is 16.2. The Bertz CT molecular complexity index is 3070. The number of allylic oxidation sites excluding steroid dienone is 13. The van der Waals surface area contributed by atoms with Crippen molar-refractivity contribution in [2.75, 3.05) is 9.80 Å². The molecule has 0 bridgehead atoms. The van der Waals surface area contributed by atoms with Gasteiger partial charge in [0.1, 0.15) is 0 Å². The van der Waals surface area contributed by atoms with Crippen molar-refractivity contribution in [3.63, 3.8) is 0 Å². The van der Waals surface area contributed by atoms with E-state index in [1.807, 2.05) is 6.08 Å². The normalized spacial score (nSPS) is 26.3. The van der Waals surface area contributed by atoms with Crippen molar-refractivity contribution < 1.29 is 0 Å². The molecule has 6 atom stereocenters. The summed E-state index contributed by atoms with van der Waals surface area (Å²) >= 11 is 0. The van der Waals surface area contributed by atoms with Gasteiger partial charge in [-0.1, -0.05) is 183 Å². The maximum Gasteiger partial charge on any atom is 0.0563 e. The first-order valence-corrected chi connectivity index (χ1v) is 24.2. The minimum atomic E-state index is -0.469. The summed E-state index contributed by atoms with van der Waals surface area (Å²) in [6.45, 7) is 5.02. The van der Waals surface area contributed by atoms with Crippen molar-refractivity contribution in [1.82, 2.24) is 0 Å². The van der Waals surface area contributed by atoms with E-state index in [1.54, 1.807) is 11.1 Å². The van der Waals surface area contributed by atoms with Crippen molar-refractivity contribution in [3.8, 4) is 23.5 Å². The average Bonchev–Trinajstić information content (AvgIpc) is 3.92. The Morgan fingerprint density at radius 2 is 1.41 bits per heavy atom. The molecule has 0 heterocycles. The second-order valence-corrected chi connectivity index (χ2v) is 19.7. The van der Waals surface area contributed by atoms with E-state index in [9.17, 15) is 0 Å². The summed E-state index contributed by atoms with van der Waals surface area (Å²) in [4.78, 5) is 5.21. The smallest absolute Gasteiger partial charge is 0.0563 e. The fraction of sp³-hybridized carbons (Fsp3) is 0.219. The molecular weight excluding hydrogens is 797 g/mol. The highest BCUT2D eigenvalue weighted by atomic mass is 15.2. The molecule has 322 valence electrons. The number of hydrogen-bond acceptors (Lipinski definition) is 2. The molecule has 6 unspecified atom stereocenters. The minimum Gasteiger partial charge on any atom is -0.333 e. The standard InChI is InChI=1S/C64H56N2/c1-4-5-33-58-62(66(46-27-13-8-14-28-46)48-39-40-52-50-30-15-19-34-55(50)63(2,3)59(52)42-48)54-32-17-21-36-57(54)64(58)56-35-20-16-31-51(56)53-41-38-47(43-60(53)64)65(45-25-11-7-12-26-45)61-37-22-18-29-49(61)44-23-9-6-10-24-44/h1,5-14,16-20,22-29,31-35,37-41,43,48,50,53,55,60H,15,21,30,36,42H2,2-3H3/b33-5-. The van der Waals surface area contributed by atoms with Crippen LogP contribution in [0.15, 0.2) is 246 Å². The number of hydrogen-bond donors (Lipinski definition) is 0. The Kier molecular flexibility index (Phi) is 9.87. The van der Waals surface area contributed by atoms with E-state index in [0.717, 1.165) is 30.6 Å². The van der Waals surface area contributed by atoms with E-state index < -0.39 is 5.41 Å². The third-order valence-corrected chi connectivity index (χ3v) is 16.2. The second-order valence-electron chi connectivity index (χ2n) is 19.7. The Morgan fingerprint density at radius 3 is 2.21 bits per heavy atom. The lowest BCUT2D eigenvalue weighted by atomic mass is 9.62. The predicted octanol–water partition coefficient (Wildman–Crippen LogP) is 15.5. The van der Waals surface area contributed by atoms with Crippen LogP contribution >= 0.6 is 0 Å². The molecule has 5 aromatic rings. The molecule has 0 saturated heterocycles. The number of anilines is 3. The van der Waals surface area contributed by atoms with Crippen LogP contribution in [0.3, 0.4) is 0 Å². The number of fused-ring (bicyclic) bond motifs is 8. The summed E-state index contributed by atoms with van der Waals surface area (Å²) in [6, 6.07) is 51.3. The molecule has 12 rings (SSSR count). The van der Waals surface area contributed by atoms with Gasteiger partial charge in [-0.2, -0.15) is 0 Å². The van der Waals surface area contributed by atoms with Gasteiger partial charge in [-0.05, 0) is 137 Å². The van der Waals surface area contributed by atoms with Gasteiger partial charge in [-0.25, -0.2) is 0 Å².